The molecule has 1 fully saturated rings. The van der Waals surface area contributed by atoms with E-state index in [4.69, 9.17) is 4.74 Å². The van der Waals surface area contributed by atoms with Gasteiger partial charge in [-0.1, -0.05) is 35.9 Å². The van der Waals surface area contributed by atoms with Crippen molar-refractivity contribution in [1.82, 2.24) is 9.88 Å². The summed E-state index contributed by atoms with van der Waals surface area (Å²) < 4.78 is 5.52. The summed E-state index contributed by atoms with van der Waals surface area (Å²) in [6.07, 6.45) is 1.73. The van der Waals surface area contributed by atoms with Gasteiger partial charge in [-0.05, 0) is 43.3 Å². The molecule has 0 atom stereocenters. The SMILES string of the molecule is COc1ccccc1N1CCN(CCN(C(=O)c2ccc(C)cc2)c2ccccn2)CC1. The van der Waals surface area contributed by atoms with Crippen molar-refractivity contribution in [3.05, 3.63) is 84.1 Å². The average molecular weight is 431 g/mol. The van der Waals surface area contributed by atoms with Crippen molar-refractivity contribution in [1.29, 1.82) is 0 Å². The number of aromatic nitrogens is 1. The predicted octanol–water partition coefficient (Wildman–Crippen LogP) is 3.87. The molecule has 1 aliphatic heterocycles. The Balaban J connectivity index is 1.41. The number of anilines is 2. The van der Waals surface area contributed by atoms with Gasteiger partial charge in [-0.2, -0.15) is 0 Å². The first-order valence-electron chi connectivity index (χ1n) is 11.1. The lowest BCUT2D eigenvalue weighted by Gasteiger charge is -2.37. The Morgan fingerprint density at radius 1 is 0.969 bits per heavy atom. The summed E-state index contributed by atoms with van der Waals surface area (Å²) in [6.45, 7) is 7.15. The van der Waals surface area contributed by atoms with Gasteiger partial charge in [-0.15, -0.1) is 0 Å². The van der Waals surface area contributed by atoms with Gasteiger partial charge in [0, 0.05) is 51.0 Å². The number of carbonyl (C=O) groups is 1. The number of pyridine rings is 1. The minimum absolute atomic E-state index is 0.0173. The molecule has 3 aromatic rings. The number of carbonyl (C=O) groups excluding carboxylic acids is 1. The molecule has 0 unspecified atom stereocenters. The largest absolute Gasteiger partial charge is 0.495 e. The van der Waals surface area contributed by atoms with Crippen LogP contribution in [0.3, 0.4) is 0 Å². The fourth-order valence-electron chi connectivity index (χ4n) is 4.03. The molecule has 0 saturated carbocycles. The molecule has 2 heterocycles. The number of para-hydroxylation sites is 2. The Labute approximate surface area is 190 Å². The lowest BCUT2D eigenvalue weighted by atomic mass is 10.1. The number of hydrogen-bond donors (Lipinski definition) is 0. The maximum absolute atomic E-state index is 13.3. The van der Waals surface area contributed by atoms with Crippen molar-refractivity contribution in [2.45, 2.75) is 6.92 Å². The van der Waals surface area contributed by atoms with Gasteiger partial charge in [-0.3, -0.25) is 14.6 Å². The molecule has 0 bridgehead atoms. The van der Waals surface area contributed by atoms with Crippen molar-refractivity contribution in [3.8, 4) is 5.75 Å². The quantitative estimate of drug-likeness (QED) is 0.570. The van der Waals surface area contributed by atoms with E-state index in [0.717, 1.165) is 49.7 Å². The van der Waals surface area contributed by atoms with E-state index in [2.05, 4.69) is 20.9 Å². The fraction of sp³-hybridized carbons (Fsp3) is 0.308. The number of hydrogen-bond acceptors (Lipinski definition) is 5. The summed E-state index contributed by atoms with van der Waals surface area (Å²) in [5.74, 6) is 1.58. The molecule has 4 rings (SSSR count). The second kappa shape index (κ2) is 10.3. The summed E-state index contributed by atoms with van der Waals surface area (Å²) in [5.41, 5.74) is 2.96. The molecule has 6 heteroatoms. The van der Waals surface area contributed by atoms with E-state index in [1.807, 2.05) is 67.6 Å². The molecule has 1 aliphatic rings. The molecule has 0 radical (unpaired) electrons. The molecule has 32 heavy (non-hydrogen) atoms. The number of nitrogens with zero attached hydrogens (tertiary/aromatic N) is 4. The zero-order valence-electron chi connectivity index (χ0n) is 18.8. The van der Waals surface area contributed by atoms with E-state index >= 15 is 0 Å². The second-order valence-electron chi connectivity index (χ2n) is 8.01. The molecule has 166 valence electrons. The molecule has 1 amide bonds. The Morgan fingerprint density at radius 2 is 1.69 bits per heavy atom. The topological polar surface area (TPSA) is 48.9 Å². The van der Waals surface area contributed by atoms with Crippen molar-refractivity contribution in [3.63, 3.8) is 0 Å². The molecule has 1 saturated heterocycles. The minimum Gasteiger partial charge on any atom is -0.495 e. The van der Waals surface area contributed by atoms with E-state index in [1.54, 1.807) is 18.2 Å². The third-order valence-corrected chi connectivity index (χ3v) is 5.91. The first-order valence-corrected chi connectivity index (χ1v) is 11.1. The normalized spacial score (nSPS) is 14.2. The van der Waals surface area contributed by atoms with E-state index in [9.17, 15) is 4.79 Å². The predicted molar refractivity (Wildman–Crippen MR) is 129 cm³/mol. The Morgan fingerprint density at radius 3 is 2.38 bits per heavy atom. The summed E-state index contributed by atoms with van der Waals surface area (Å²) >= 11 is 0. The van der Waals surface area contributed by atoms with Gasteiger partial charge in [0.25, 0.3) is 5.91 Å². The second-order valence-corrected chi connectivity index (χ2v) is 8.01. The molecule has 0 spiro atoms. The van der Waals surface area contributed by atoms with Gasteiger partial charge in [0.2, 0.25) is 0 Å². The fourth-order valence-corrected chi connectivity index (χ4v) is 4.03. The number of aryl methyl sites for hydroxylation is 1. The van der Waals surface area contributed by atoms with E-state index in [-0.39, 0.29) is 5.91 Å². The van der Waals surface area contributed by atoms with Crippen LogP contribution in [0.4, 0.5) is 11.5 Å². The summed E-state index contributed by atoms with van der Waals surface area (Å²) in [6, 6.07) is 21.6. The van der Waals surface area contributed by atoms with Gasteiger partial charge >= 0.3 is 0 Å². The Bertz CT molecular complexity index is 1020. The highest BCUT2D eigenvalue weighted by Gasteiger charge is 2.23. The molecule has 2 aromatic carbocycles. The van der Waals surface area contributed by atoms with Crippen LogP contribution in [-0.2, 0) is 0 Å². The van der Waals surface area contributed by atoms with Crippen LogP contribution in [0.15, 0.2) is 72.9 Å². The van der Waals surface area contributed by atoms with E-state index in [0.29, 0.717) is 17.9 Å². The standard InChI is InChI=1S/C26H30N4O2/c1-21-10-12-22(13-11-21)26(31)30(25-9-5-6-14-27-25)20-17-28-15-18-29(19-16-28)23-7-3-4-8-24(23)32-2/h3-14H,15-20H2,1-2H3. The molecule has 0 N–H and O–H groups in total. The third kappa shape index (κ3) is 5.08. The molecule has 0 aliphatic carbocycles. The van der Waals surface area contributed by atoms with Crippen molar-refractivity contribution in [2.75, 3.05) is 56.2 Å². The lowest BCUT2D eigenvalue weighted by molar-refractivity contribution is 0.0982. The van der Waals surface area contributed by atoms with Crippen LogP contribution in [0.25, 0.3) is 0 Å². The number of rotatable bonds is 7. The third-order valence-electron chi connectivity index (χ3n) is 5.91. The highest BCUT2D eigenvalue weighted by Crippen LogP contribution is 2.28. The Kier molecular flexibility index (Phi) is 7.02. The highest BCUT2D eigenvalue weighted by atomic mass is 16.5. The van der Waals surface area contributed by atoms with Gasteiger partial charge in [-0.25, -0.2) is 4.98 Å². The van der Waals surface area contributed by atoms with Crippen LogP contribution < -0.4 is 14.5 Å². The van der Waals surface area contributed by atoms with Gasteiger partial charge in [0.05, 0.1) is 12.8 Å². The van der Waals surface area contributed by atoms with Crippen LogP contribution in [0, 0.1) is 6.92 Å². The number of benzene rings is 2. The lowest BCUT2D eigenvalue weighted by Crippen LogP contribution is -2.49. The van der Waals surface area contributed by atoms with Crippen molar-refractivity contribution < 1.29 is 9.53 Å². The molecular weight excluding hydrogens is 400 g/mol. The minimum atomic E-state index is -0.0173. The summed E-state index contributed by atoms with van der Waals surface area (Å²) in [4.78, 5) is 24.3. The molecular formula is C26H30N4O2. The first kappa shape index (κ1) is 21.8. The van der Waals surface area contributed by atoms with Crippen LogP contribution in [0.5, 0.6) is 5.75 Å². The maximum Gasteiger partial charge on any atom is 0.259 e. The Hall–Kier alpha value is -3.38. The zero-order chi connectivity index (χ0) is 22.3. The number of amides is 1. The summed E-state index contributed by atoms with van der Waals surface area (Å²) in [5, 5.41) is 0. The average Bonchev–Trinajstić information content (AvgIpc) is 2.85. The van der Waals surface area contributed by atoms with E-state index in [1.165, 1.54) is 0 Å². The highest BCUT2D eigenvalue weighted by molar-refractivity contribution is 6.05. The maximum atomic E-state index is 13.3. The van der Waals surface area contributed by atoms with Crippen LogP contribution in [0.2, 0.25) is 0 Å². The van der Waals surface area contributed by atoms with E-state index < -0.39 is 0 Å². The van der Waals surface area contributed by atoms with Crippen molar-refractivity contribution >= 4 is 17.4 Å². The van der Waals surface area contributed by atoms with Gasteiger partial charge < -0.3 is 9.64 Å². The van der Waals surface area contributed by atoms with Crippen LogP contribution in [-0.4, -0.2) is 62.2 Å². The molecule has 6 nitrogen and oxygen atoms in total. The molecule has 1 aromatic heterocycles. The van der Waals surface area contributed by atoms with Crippen LogP contribution >= 0.6 is 0 Å². The monoisotopic (exact) mass is 430 g/mol. The number of piperazine rings is 1. The summed E-state index contributed by atoms with van der Waals surface area (Å²) in [7, 11) is 1.71. The van der Waals surface area contributed by atoms with Crippen molar-refractivity contribution in [2.24, 2.45) is 0 Å². The van der Waals surface area contributed by atoms with Gasteiger partial charge in [0.1, 0.15) is 11.6 Å². The zero-order valence-corrected chi connectivity index (χ0v) is 18.8. The smallest absolute Gasteiger partial charge is 0.259 e. The van der Waals surface area contributed by atoms with Gasteiger partial charge in [0.15, 0.2) is 0 Å². The number of methoxy groups -OCH3 is 1. The van der Waals surface area contributed by atoms with Crippen LogP contribution in [0.1, 0.15) is 15.9 Å². The number of ether oxygens (including phenoxy) is 1. The first-order chi connectivity index (χ1) is 15.7.